The zero-order valence-electron chi connectivity index (χ0n) is 11.5. The van der Waals surface area contributed by atoms with Crippen LogP contribution in [0.3, 0.4) is 0 Å². The Kier molecular flexibility index (Phi) is 2.68. The van der Waals surface area contributed by atoms with Gasteiger partial charge in [0.1, 0.15) is 0 Å². The monoisotopic (exact) mass is 253 g/mol. The van der Waals surface area contributed by atoms with E-state index in [0.717, 1.165) is 29.4 Å². The Bertz CT molecular complexity index is 448. The molecule has 0 atom stereocenters. The van der Waals surface area contributed by atoms with Crippen LogP contribution in [0.15, 0.2) is 36.9 Å². The van der Waals surface area contributed by atoms with E-state index >= 15 is 0 Å². The maximum atomic E-state index is 4.27. The topological polar surface area (TPSA) is 12.0 Å². The van der Waals surface area contributed by atoms with Crippen molar-refractivity contribution in [2.75, 3.05) is 0 Å². The fourth-order valence-corrected chi connectivity index (χ4v) is 5.08. The van der Waals surface area contributed by atoms with Crippen molar-refractivity contribution in [1.82, 2.24) is 5.32 Å². The van der Waals surface area contributed by atoms with Gasteiger partial charge < -0.3 is 5.32 Å². The molecule has 0 heterocycles. The molecule has 19 heavy (non-hydrogen) atoms. The van der Waals surface area contributed by atoms with Crippen molar-refractivity contribution < 1.29 is 0 Å². The third-order valence-electron chi connectivity index (χ3n) is 5.69. The van der Waals surface area contributed by atoms with Crippen LogP contribution >= 0.6 is 0 Å². The Morgan fingerprint density at radius 3 is 2.05 bits per heavy atom. The zero-order valence-corrected chi connectivity index (χ0v) is 11.5. The third kappa shape index (κ3) is 2.00. The summed E-state index contributed by atoms with van der Waals surface area (Å²) in [6.07, 6.45) is 7.39. The second kappa shape index (κ2) is 4.40. The van der Waals surface area contributed by atoms with Crippen molar-refractivity contribution in [3.8, 4) is 0 Å². The molecule has 1 nitrogen and oxygen atoms in total. The fourth-order valence-electron chi connectivity index (χ4n) is 5.08. The van der Waals surface area contributed by atoms with Crippen molar-refractivity contribution >= 4 is 5.70 Å². The first-order valence-electron chi connectivity index (χ1n) is 7.80. The lowest BCUT2D eigenvalue weighted by molar-refractivity contribution is -0.00780. The molecule has 1 N–H and O–H groups in total. The van der Waals surface area contributed by atoms with Crippen molar-refractivity contribution in [3.05, 3.63) is 42.5 Å². The smallest absolute Gasteiger partial charge is 0.0343 e. The number of nitrogens with one attached hydrogen (secondary N) is 1. The van der Waals surface area contributed by atoms with Gasteiger partial charge in [0.2, 0.25) is 0 Å². The van der Waals surface area contributed by atoms with Gasteiger partial charge in [0, 0.05) is 11.7 Å². The summed E-state index contributed by atoms with van der Waals surface area (Å²) in [5.41, 5.74) is 2.37. The zero-order chi connectivity index (χ0) is 12.8. The first kappa shape index (κ1) is 11.6. The van der Waals surface area contributed by atoms with Gasteiger partial charge in [-0.3, -0.25) is 0 Å². The number of hydrogen-bond donors (Lipinski definition) is 1. The molecular weight excluding hydrogens is 230 g/mol. The van der Waals surface area contributed by atoms with E-state index in [9.17, 15) is 0 Å². The van der Waals surface area contributed by atoms with Crippen LogP contribution in [0.5, 0.6) is 0 Å². The van der Waals surface area contributed by atoms with Crippen LogP contribution in [0.1, 0.15) is 37.7 Å². The Morgan fingerprint density at radius 2 is 1.47 bits per heavy atom. The van der Waals surface area contributed by atoms with Crippen molar-refractivity contribution in [2.45, 2.75) is 38.1 Å². The minimum Gasteiger partial charge on any atom is -0.382 e. The highest BCUT2D eigenvalue weighted by molar-refractivity contribution is 5.61. The molecule has 100 valence electrons. The molecule has 4 saturated carbocycles. The van der Waals surface area contributed by atoms with Crippen LogP contribution in [0, 0.1) is 23.7 Å². The van der Waals surface area contributed by atoms with Gasteiger partial charge in [-0.1, -0.05) is 36.9 Å². The molecule has 0 saturated heterocycles. The summed E-state index contributed by atoms with van der Waals surface area (Å²) < 4.78 is 0. The van der Waals surface area contributed by atoms with Gasteiger partial charge in [-0.25, -0.2) is 0 Å². The van der Waals surface area contributed by atoms with Gasteiger partial charge >= 0.3 is 0 Å². The van der Waals surface area contributed by atoms with E-state index in [1.165, 1.54) is 37.7 Å². The van der Waals surface area contributed by atoms with Gasteiger partial charge in [0.15, 0.2) is 0 Å². The fraction of sp³-hybridized carbons (Fsp3) is 0.556. The van der Waals surface area contributed by atoms with Crippen LogP contribution in [0.4, 0.5) is 0 Å². The number of hydrogen-bond acceptors (Lipinski definition) is 1. The van der Waals surface area contributed by atoms with E-state index in [1.807, 2.05) is 0 Å². The molecule has 0 spiro atoms. The van der Waals surface area contributed by atoms with Crippen LogP contribution in [-0.4, -0.2) is 6.04 Å². The van der Waals surface area contributed by atoms with Crippen molar-refractivity contribution in [2.24, 2.45) is 23.7 Å². The second-order valence-corrected chi connectivity index (χ2v) is 6.95. The maximum absolute atomic E-state index is 4.27. The molecule has 1 aromatic rings. The molecule has 4 fully saturated rings. The molecule has 0 unspecified atom stereocenters. The minimum absolute atomic E-state index is 0.695. The Hall–Kier alpha value is -1.24. The number of rotatable bonds is 3. The lowest BCUT2D eigenvalue weighted by Gasteiger charge is -2.54. The van der Waals surface area contributed by atoms with Crippen LogP contribution in [0.25, 0.3) is 5.70 Å². The Balaban J connectivity index is 1.50. The van der Waals surface area contributed by atoms with Crippen LogP contribution in [0.2, 0.25) is 0 Å². The van der Waals surface area contributed by atoms with Gasteiger partial charge in [-0.2, -0.15) is 0 Å². The maximum Gasteiger partial charge on any atom is 0.0343 e. The second-order valence-electron chi connectivity index (χ2n) is 6.95. The Morgan fingerprint density at radius 1 is 0.895 bits per heavy atom. The van der Waals surface area contributed by atoms with E-state index in [2.05, 4.69) is 42.2 Å². The minimum atomic E-state index is 0.695. The molecule has 1 aromatic carbocycles. The molecular formula is C18H23N. The standard InChI is InChI=1S/C18H23N/c1-12(15-5-3-2-4-6-15)19-18-16-8-13-7-14(10-16)11-17(18)9-13/h2-6,13-14,16-19H,1,7-11H2. The average molecular weight is 253 g/mol. The predicted molar refractivity (Wildman–Crippen MR) is 79.4 cm³/mol. The first-order chi connectivity index (χ1) is 9.29. The molecule has 4 aliphatic rings. The van der Waals surface area contributed by atoms with Gasteiger partial charge in [-0.15, -0.1) is 0 Å². The molecule has 4 bridgehead atoms. The normalized spacial score (nSPS) is 39.3. The lowest BCUT2D eigenvalue weighted by Crippen LogP contribution is -2.53. The van der Waals surface area contributed by atoms with E-state index in [-0.39, 0.29) is 0 Å². The summed E-state index contributed by atoms with van der Waals surface area (Å²) in [4.78, 5) is 0. The largest absolute Gasteiger partial charge is 0.382 e. The molecule has 0 aliphatic heterocycles. The molecule has 0 aromatic heterocycles. The van der Waals surface area contributed by atoms with Gasteiger partial charge in [0.25, 0.3) is 0 Å². The highest BCUT2D eigenvalue weighted by Gasteiger charge is 2.48. The van der Waals surface area contributed by atoms with Crippen molar-refractivity contribution in [3.63, 3.8) is 0 Å². The third-order valence-corrected chi connectivity index (χ3v) is 5.69. The average Bonchev–Trinajstić information content (AvgIpc) is 2.43. The predicted octanol–water partition coefficient (Wildman–Crippen LogP) is 4.07. The molecule has 5 rings (SSSR count). The van der Waals surface area contributed by atoms with E-state index in [0.29, 0.717) is 6.04 Å². The molecule has 0 amide bonds. The van der Waals surface area contributed by atoms with Gasteiger partial charge in [0.05, 0.1) is 0 Å². The van der Waals surface area contributed by atoms with Crippen LogP contribution < -0.4 is 5.32 Å². The Labute approximate surface area is 116 Å². The number of benzene rings is 1. The molecule has 0 radical (unpaired) electrons. The summed E-state index contributed by atoms with van der Waals surface area (Å²) in [5, 5.41) is 3.78. The highest BCUT2D eigenvalue weighted by atomic mass is 15.0. The van der Waals surface area contributed by atoms with E-state index in [1.54, 1.807) is 0 Å². The lowest BCUT2D eigenvalue weighted by atomic mass is 9.54. The van der Waals surface area contributed by atoms with E-state index in [4.69, 9.17) is 0 Å². The summed E-state index contributed by atoms with van der Waals surface area (Å²) in [7, 11) is 0. The summed E-state index contributed by atoms with van der Waals surface area (Å²) in [6, 6.07) is 11.3. The summed E-state index contributed by atoms with van der Waals surface area (Å²) in [5.74, 6) is 3.92. The van der Waals surface area contributed by atoms with Gasteiger partial charge in [-0.05, 0) is 61.3 Å². The van der Waals surface area contributed by atoms with Crippen LogP contribution in [-0.2, 0) is 0 Å². The molecule has 4 aliphatic carbocycles. The SMILES string of the molecule is C=C(NC1C2CC3CC(C2)CC1C3)c1ccccc1. The molecule has 1 heteroatoms. The summed E-state index contributed by atoms with van der Waals surface area (Å²) >= 11 is 0. The summed E-state index contributed by atoms with van der Waals surface area (Å²) in [6.45, 7) is 4.27. The van der Waals surface area contributed by atoms with Crippen molar-refractivity contribution in [1.29, 1.82) is 0 Å². The van der Waals surface area contributed by atoms with E-state index < -0.39 is 0 Å². The quantitative estimate of drug-likeness (QED) is 0.856. The highest BCUT2D eigenvalue weighted by Crippen LogP contribution is 2.53. The first-order valence-corrected chi connectivity index (χ1v) is 7.80.